The van der Waals surface area contributed by atoms with Gasteiger partial charge in [-0.15, -0.1) is 0 Å². The van der Waals surface area contributed by atoms with Gasteiger partial charge in [-0.05, 0) is 6.92 Å². The molecule has 0 aliphatic carbocycles. The average Bonchev–Trinajstić information content (AvgIpc) is 2.53. The number of anilines is 1. The third-order valence-corrected chi connectivity index (χ3v) is 1.80. The maximum atomic E-state index is 11.3. The van der Waals surface area contributed by atoms with E-state index in [0.29, 0.717) is 11.4 Å². The molecule has 0 radical (unpaired) electrons. The second-order valence-electron chi connectivity index (χ2n) is 3.10. The molecule has 0 spiro atoms. The molecule has 1 aromatic heterocycles. The summed E-state index contributed by atoms with van der Waals surface area (Å²) >= 11 is 0. The molecule has 0 aliphatic rings. The number of rotatable bonds is 2. The first-order valence-corrected chi connectivity index (χ1v) is 4.51. The van der Waals surface area contributed by atoms with E-state index in [1.807, 2.05) is 0 Å². The van der Waals surface area contributed by atoms with Crippen molar-refractivity contribution in [2.24, 2.45) is 7.05 Å². The lowest BCUT2D eigenvalue weighted by atomic mass is 10.4. The standard InChI is InChI=1S/C9H11N5O2/c1-6-7(5-14(2)13-6)12-9(16)8(15)11-4-3-10/h5H,4H2,1-2H3,(H,11,15)(H,12,16). The van der Waals surface area contributed by atoms with Crippen molar-refractivity contribution in [2.75, 3.05) is 11.9 Å². The predicted molar refractivity (Wildman–Crippen MR) is 55.2 cm³/mol. The zero-order chi connectivity index (χ0) is 12.1. The number of nitriles is 1. The third-order valence-electron chi connectivity index (χ3n) is 1.80. The number of carbonyl (C=O) groups is 2. The Bertz CT molecular complexity index is 457. The van der Waals surface area contributed by atoms with E-state index in [0.717, 1.165) is 0 Å². The molecule has 0 aliphatic heterocycles. The number of nitrogens with one attached hydrogen (secondary N) is 2. The molecule has 7 heteroatoms. The van der Waals surface area contributed by atoms with Gasteiger partial charge in [0.1, 0.15) is 6.54 Å². The minimum Gasteiger partial charge on any atom is -0.335 e. The van der Waals surface area contributed by atoms with Crippen LogP contribution in [0.5, 0.6) is 0 Å². The summed E-state index contributed by atoms with van der Waals surface area (Å²) in [4.78, 5) is 22.4. The molecule has 16 heavy (non-hydrogen) atoms. The van der Waals surface area contributed by atoms with E-state index in [1.165, 1.54) is 4.68 Å². The molecule has 2 N–H and O–H groups in total. The Balaban J connectivity index is 2.61. The van der Waals surface area contributed by atoms with Crippen LogP contribution in [0.15, 0.2) is 6.20 Å². The molecular formula is C9H11N5O2. The number of nitrogens with zero attached hydrogens (tertiary/aromatic N) is 3. The highest BCUT2D eigenvalue weighted by Crippen LogP contribution is 2.10. The van der Waals surface area contributed by atoms with Crippen LogP contribution in [0, 0.1) is 18.3 Å². The zero-order valence-corrected chi connectivity index (χ0v) is 8.94. The van der Waals surface area contributed by atoms with Crippen molar-refractivity contribution in [3.8, 4) is 6.07 Å². The Labute approximate surface area is 92.0 Å². The lowest BCUT2D eigenvalue weighted by Gasteiger charge is -2.02. The van der Waals surface area contributed by atoms with Crippen molar-refractivity contribution in [3.63, 3.8) is 0 Å². The van der Waals surface area contributed by atoms with Gasteiger partial charge >= 0.3 is 11.8 Å². The Morgan fingerprint density at radius 1 is 1.56 bits per heavy atom. The number of amides is 2. The molecule has 0 atom stereocenters. The number of hydrogen-bond acceptors (Lipinski definition) is 4. The van der Waals surface area contributed by atoms with Gasteiger partial charge in [-0.3, -0.25) is 14.3 Å². The second kappa shape index (κ2) is 4.93. The van der Waals surface area contributed by atoms with E-state index in [2.05, 4.69) is 15.7 Å². The Kier molecular flexibility index (Phi) is 3.61. The number of hydrogen-bond donors (Lipinski definition) is 2. The molecule has 1 aromatic rings. The molecule has 0 saturated carbocycles. The molecule has 0 unspecified atom stereocenters. The maximum Gasteiger partial charge on any atom is 0.313 e. The molecule has 0 fully saturated rings. The second-order valence-corrected chi connectivity index (χ2v) is 3.10. The van der Waals surface area contributed by atoms with Crippen LogP contribution in [0.25, 0.3) is 0 Å². The fourth-order valence-corrected chi connectivity index (χ4v) is 1.10. The van der Waals surface area contributed by atoms with Crippen LogP contribution in [-0.4, -0.2) is 28.1 Å². The Hall–Kier alpha value is -2.36. The quantitative estimate of drug-likeness (QED) is 0.509. The smallest absolute Gasteiger partial charge is 0.313 e. The van der Waals surface area contributed by atoms with E-state index >= 15 is 0 Å². The van der Waals surface area contributed by atoms with Crippen molar-refractivity contribution >= 4 is 17.5 Å². The largest absolute Gasteiger partial charge is 0.335 e. The van der Waals surface area contributed by atoms with Crippen LogP contribution in [0.4, 0.5) is 5.69 Å². The van der Waals surface area contributed by atoms with Gasteiger partial charge in [-0.2, -0.15) is 10.4 Å². The zero-order valence-electron chi connectivity index (χ0n) is 8.94. The van der Waals surface area contributed by atoms with Gasteiger partial charge in [-0.1, -0.05) is 0 Å². The van der Waals surface area contributed by atoms with Crippen LogP contribution in [-0.2, 0) is 16.6 Å². The monoisotopic (exact) mass is 221 g/mol. The van der Waals surface area contributed by atoms with Crippen molar-refractivity contribution < 1.29 is 9.59 Å². The maximum absolute atomic E-state index is 11.3. The van der Waals surface area contributed by atoms with Crippen LogP contribution in [0.1, 0.15) is 5.69 Å². The van der Waals surface area contributed by atoms with Crippen LogP contribution < -0.4 is 10.6 Å². The third kappa shape index (κ3) is 2.81. The molecule has 7 nitrogen and oxygen atoms in total. The van der Waals surface area contributed by atoms with Crippen molar-refractivity contribution in [1.29, 1.82) is 5.26 Å². The minimum absolute atomic E-state index is 0.196. The fourth-order valence-electron chi connectivity index (χ4n) is 1.10. The number of aryl methyl sites for hydroxylation is 2. The topological polar surface area (TPSA) is 99.8 Å². The summed E-state index contributed by atoms with van der Waals surface area (Å²) in [5, 5.41) is 16.8. The molecule has 2 amide bonds. The highest BCUT2D eigenvalue weighted by atomic mass is 16.2. The summed E-state index contributed by atoms with van der Waals surface area (Å²) in [6.07, 6.45) is 1.59. The first kappa shape index (κ1) is 11.7. The minimum atomic E-state index is -0.843. The van der Waals surface area contributed by atoms with Crippen LogP contribution in [0.2, 0.25) is 0 Å². The van der Waals surface area contributed by atoms with Crippen molar-refractivity contribution in [2.45, 2.75) is 6.92 Å². The summed E-state index contributed by atoms with van der Waals surface area (Å²) in [5.74, 6) is -1.66. The summed E-state index contributed by atoms with van der Waals surface area (Å²) < 4.78 is 1.53. The number of carbonyl (C=O) groups excluding carboxylic acids is 2. The van der Waals surface area contributed by atoms with Gasteiger partial charge in [0, 0.05) is 13.2 Å². The Morgan fingerprint density at radius 3 is 2.75 bits per heavy atom. The van der Waals surface area contributed by atoms with Crippen molar-refractivity contribution in [3.05, 3.63) is 11.9 Å². The predicted octanol–water partition coefficient (Wildman–Crippen LogP) is -0.693. The average molecular weight is 221 g/mol. The summed E-state index contributed by atoms with van der Waals surface area (Å²) in [5.41, 5.74) is 1.09. The van der Waals surface area contributed by atoms with E-state index < -0.39 is 11.8 Å². The van der Waals surface area contributed by atoms with E-state index in [1.54, 1.807) is 26.2 Å². The van der Waals surface area contributed by atoms with Gasteiger partial charge in [0.25, 0.3) is 0 Å². The molecule has 0 aromatic carbocycles. The SMILES string of the molecule is Cc1nn(C)cc1NC(=O)C(=O)NCC#N. The molecule has 84 valence electrons. The Morgan fingerprint density at radius 2 is 2.25 bits per heavy atom. The molecule has 0 bridgehead atoms. The van der Waals surface area contributed by atoms with Gasteiger partial charge in [0.05, 0.1) is 17.5 Å². The number of aromatic nitrogens is 2. The first-order chi connectivity index (χ1) is 7.54. The van der Waals surface area contributed by atoms with Crippen LogP contribution in [0.3, 0.4) is 0 Å². The van der Waals surface area contributed by atoms with Gasteiger partial charge < -0.3 is 10.6 Å². The van der Waals surface area contributed by atoms with Gasteiger partial charge in [0.2, 0.25) is 0 Å². The lowest BCUT2D eigenvalue weighted by molar-refractivity contribution is -0.136. The van der Waals surface area contributed by atoms with Crippen LogP contribution >= 0.6 is 0 Å². The van der Waals surface area contributed by atoms with Gasteiger partial charge in [-0.25, -0.2) is 0 Å². The summed E-state index contributed by atoms with van der Waals surface area (Å²) in [6.45, 7) is 1.51. The van der Waals surface area contributed by atoms with Crippen molar-refractivity contribution in [1.82, 2.24) is 15.1 Å². The summed E-state index contributed by atoms with van der Waals surface area (Å²) in [6, 6.07) is 1.70. The normalized spacial score (nSPS) is 9.31. The fraction of sp³-hybridized carbons (Fsp3) is 0.333. The molecular weight excluding hydrogens is 210 g/mol. The van der Waals surface area contributed by atoms with E-state index in [4.69, 9.17) is 5.26 Å². The highest BCUT2D eigenvalue weighted by Gasteiger charge is 2.15. The molecule has 0 saturated heterocycles. The first-order valence-electron chi connectivity index (χ1n) is 4.51. The lowest BCUT2D eigenvalue weighted by Crippen LogP contribution is -2.35. The highest BCUT2D eigenvalue weighted by molar-refractivity contribution is 6.39. The van der Waals surface area contributed by atoms with E-state index in [9.17, 15) is 9.59 Å². The van der Waals surface area contributed by atoms with E-state index in [-0.39, 0.29) is 6.54 Å². The van der Waals surface area contributed by atoms with Gasteiger partial charge in [0.15, 0.2) is 0 Å². The molecule has 1 rings (SSSR count). The summed E-state index contributed by atoms with van der Waals surface area (Å²) in [7, 11) is 1.71. The molecule has 1 heterocycles.